The summed E-state index contributed by atoms with van der Waals surface area (Å²) < 4.78 is 12.5. The number of Topliss-reactive ketones (excluding diaryl/α,β-unsaturated/α-hetero) is 1. The number of anilines is 1. The van der Waals surface area contributed by atoms with Crippen LogP contribution < -0.4 is 9.64 Å². The van der Waals surface area contributed by atoms with E-state index in [0.717, 1.165) is 30.7 Å². The second-order valence-electron chi connectivity index (χ2n) is 5.69. The molecule has 26 heavy (non-hydrogen) atoms. The van der Waals surface area contributed by atoms with Crippen LogP contribution in [-0.2, 0) is 11.3 Å². The standard InChI is InChI=1S/C17H21ClN4O3S/c1-3-22-16(21-6-8-25-9-7-21)19-20-17(22)26-11-14(23)12-4-5-15(24-2)13(18)10-12/h4-5,10H,3,6-9,11H2,1-2H3. The molecule has 1 aliphatic heterocycles. The van der Waals surface area contributed by atoms with Crippen LogP contribution in [0.25, 0.3) is 0 Å². The van der Waals surface area contributed by atoms with Crippen molar-refractivity contribution in [3.63, 3.8) is 0 Å². The molecule has 140 valence electrons. The number of halogens is 1. The Balaban J connectivity index is 1.68. The number of rotatable bonds is 7. The molecule has 0 radical (unpaired) electrons. The zero-order chi connectivity index (χ0) is 18.5. The van der Waals surface area contributed by atoms with Crippen LogP contribution in [0.3, 0.4) is 0 Å². The topological polar surface area (TPSA) is 69.5 Å². The van der Waals surface area contributed by atoms with Crippen molar-refractivity contribution < 1.29 is 14.3 Å². The van der Waals surface area contributed by atoms with Crippen LogP contribution in [0.5, 0.6) is 5.75 Å². The van der Waals surface area contributed by atoms with Gasteiger partial charge in [0.15, 0.2) is 10.9 Å². The Morgan fingerprint density at radius 1 is 1.35 bits per heavy atom. The summed E-state index contributed by atoms with van der Waals surface area (Å²) in [6, 6.07) is 5.05. The summed E-state index contributed by atoms with van der Waals surface area (Å²) in [5.74, 6) is 1.64. The van der Waals surface area contributed by atoms with E-state index in [1.54, 1.807) is 25.3 Å². The maximum Gasteiger partial charge on any atom is 0.228 e. The molecule has 0 saturated carbocycles. The fourth-order valence-electron chi connectivity index (χ4n) is 2.72. The molecule has 9 heteroatoms. The maximum absolute atomic E-state index is 12.5. The number of methoxy groups -OCH3 is 1. The van der Waals surface area contributed by atoms with E-state index in [1.807, 2.05) is 11.5 Å². The molecule has 7 nitrogen and oxygen atoms in total. The Morgan fingerprint density at radius 3 is 2.77 bits per heavy atom. The number of ether oxygens (including phenoxy) is 2. The second kappa shape index (κ2) is 8.75. The number of ketones is 1. The third-order valence-corrected chi connectivity index (χ3v) is 5.38. The van der Waals surface area contributed by atoms with Crippen LogP contribution in [0.4, 0.5) is 5.95 Å². The van der Waals surface area contributed by atoms with E-state index in [2.05, 4.69) is 15.1 Å². The second-order valence-corrected chi connectivity index (χ2v) is 7.04. The summed E-state index contributed by atoms with van der Waals surface area (Å²) in [7, 11) is 1.54. The van der Waals surface area contributed by atoms with E-state index in [4.69, 9.17) is 21.1 Å². The summed E-state index contributed by atoms with van der Waals surface area (Å²) in [5.41, 5.74) is 0.555. The molecule has 2 heterocycles. The number of aromatic nitrogens is 3. The van der Waals surface area contributed by atoms with Crippen molar-refractivity contribution in [1.82, 2.24) is 14.8 Å². The third-order valence-electron chi connectivity index (χ3n) is 4.11. The molecule has 2 aromatic rings. The maximum atomic E-state index is 12.5. The van der Waals surface area contributed by atoms with Gasteiger partial charge in [-0.2, -0.15) is 0 Å². The average Bonchev–Trinajstić information content (AvgIpc) is 3.09. The van der Waals surface area contributed by atoms with Gasteiger partial charge in [0.05, 0.1) is 31.1 Å². The van der Waals surface area contributed by atoms with Crippen LogP contribution in [0.15, 0.2) is 23.4 Å². The Morgan fingerprint density at radius 2 is 2.12 bits per heavy atom. The fraction of sp³-hybridized carbons (Fsp3) is 0.471. The minimum atomic E-state index is -0.0156. The normalized spacial score (nSPS) is 14.5. The van der Waals surface area contributed by atoms with Gasteiger partial charge in [-0.25, -0.2) is 0 Å². The third kappa shape index (κ3) is 4.13. The van der Waals surface area contributed by atoms with Gasteiger partial charge in [0, 0.05) is 25.2 Å². The Kier molecular flexibility index (Phi) is 6.39. The van der Waals surface area contributed by atoms with Crippen LogP contribution in [0.1, 0.15) is 17.3 Å². The van der Waals surface area contributed by atoms with Gasteiger partial charge in [0.25, 0.3) is 0 Å². The highest BCUT2D eigenvalue weighted by molar-refractivity contribution is 7.99. The molecular formula is C17H21ClN4O3S. The van der Waals surface area contributed by atoms with Crippen LogP contribution >= 0.6 is 23.4 Å². The zero-order valence-corrected chi connectivity index (χ0v) is 16.3. The monoisotopic (exact) mass is 396 g/mol. The van der Waals surface area contributed by atoms with Crippen molar-refractivity contribution in [3.8, 4) is 5.75 Å². The number of thioether (sulfide) groups is 1. The first-order valence-electron chi connectivity index (χ1n) is 8.39. The van der Waals surface area contributed by atoms with Gasteiger partial charge in [-0.15, -0.1) is 10.2 Å². The summed E-state index contributed by atoms with van der Waals surface area (Å²) in [6.45, 7) is 5.76. The van der Waals surface area contributed by atoms with Gasteiger partial charge in [0.1, 0.15) is 5.75 Å². The molecule has 1 aromatic carbocycles. The van der Waals surface area contributed by atoms with Crippen LogP contribution in [0, 0.1) is 0 Å². The quantitative estimate of drug-likeness (QED) is 0.526. The highest BCUT2D eigenvalue weighted by Gasteiger charge is 2.20. The van der Waals surface area contributed by atoms with Crippen molar-refractivity contribution in [2.24, 2.45) is 0 Å². The molecule has 0 amide bonds. The SMILES string of the molecule is CCn1c(SCC(=O)c2ccc(OC)c(Cl)c2)nnc1N1CCOCC1. The van der Waals surface area contributed by atoms with Crippen molar-refractivity contribution >= 4 is 35.1 Å². The van der Waals surface area contributed by atoms with E-state index in [0.29, 0.717) is 29.5 Å². The average molecular weight is 397 g/mol. The predicted octanol–water partition coefficient (Wildman–Crippen LogP) is 2.77. The van der Waals surface area contributed by atoms with E-state index in [-0.39, 0.29) is 11.5 Å². The summed E-state index contributed by atoms with van der Waals surface area (Å²) in [6.07, 6.45) is 0. The lowest BCUT2D eigenvalue weighted by Gasteiger charge is -2.27. The van der Waals surface area contributed by atoms with Crippen LogP contribution in [-0.4, -0.2) is 59.7 Å². The van der Waals surface area contributed by atoms with Gasteiger partial charge in [-0.05, 0) is 25.1 Å². The molecule has 1 aromatic heterocycles. The van der Waals surface area contributed by atoms with Gasteiger partial charge < -0.3 is 14.4 Å². The van der Waals surface area contributed by atoms with Crippen molar-refractivity contribution in [2.45, 2.75) is 18.6 Å². The molecule has 0 N–H and O–H groups in total. The first-order chi connectivity index (χ1) is 12.6. The summed E-state index contributed by atoms with van der Waals surface area (Å²) in [4.78, 5) is 14.6. The number of nitrogens with zero attached hydrogens (tertiary/aromatic N) is 4. The number of hydrogen-bond donors (Lipinski definition) is 0. The summed E-state index contributed by atoms with van der Waals surface area (Å²) >= 11 is 7.48. The smallest absolute Gasteiger partial charge is 0.228 e. The molecule has 0 aliphatic carbocycles. The molecule has 3 rings (SSSR count). The highest BCUT2D eigenvalue weighted by atomic mass is 35.5. The fourth-order valence-corrected chi connectivity index (χ4v) is 3.86. The number of carbonyl (C=O) groups is 1. The van der Waals surface area contributed by atoms with Gasteiger partial charge >= 0.3 is 0 Å². The number of benzene rings is 1. The lowest BCUT2D eigenvalue weighted by Crippen LogP contribution is -2.38. The van der Waals surface area contributed by atoms with Crippen molar-refractivity contribution in [1.29, 1.82) is 0 Å². The molecule has 0 spiro atoms. The summed E-state index contributed by atoms with van der Waals surface area (Å²) in [5, 5.41) is 9.74. The number of morpholine rings is 1. The zero-order valence-electron chi connectivity index (χ0n) is 14.8. The van der Waals surface area contributed by atoms with Crippen molar-refractivity contribution in [2.75, 3.05) is 44.1 Å². The first-order valence-corrected chi connectivity index (χ1v) is 9.75. The Labute approximate surface area is 161 Å². The lowest BCUT2D eigenvalue weighted by molar-refractivity contribution is 0.102. The molecule has 0 atom stereocenters. The molecule has 1 fully saturated rings. The molecule has 1 aliphatic rings. The van der Waals surface area contributed by atoms with E-state index < -0.39 is 0 Å². The van der Waals surface area contributed by atoms with Crippen LogP contribution in [0.2, 0.25) is 5.02 Å². The van der Waals surface area contributed by atoms with Gasteiger partial charge in [0.2, 0.25) is 5.95 Å². The molecular weight excluding hydrogens is 376 g/mol. The number of hydrogen-bond acceptors (Lipinski definition) is 7. The number of carbonyl (C=O) groups excluding carboxylic acids is 1. The Bertz CT molecular complexity index is 777. The minimum Gasteiger partial charge on any atom is -0.495 e. The van der Waals surface area contributed by atoms with E-state index in [9.17, 15) is 4.79 Å². The largest absolute Gasteiger partial charge is 0.495 e. The van der Waals surface area contributed by atoms with Crippen molar-refractivity contribution in [3.05, 3.63) is 28.8 Å². The van der Waals surface area contributed by atoms with Gasteiger partial charge in [-0.1, -0.05) is 23.4 Å². The van der Waals surface area contributed by atoms with Gasteiger partial charge in [-0.3, -0.25) is 9.36 Å². The van der Waals surface area contributed by atoms with E-state index >= 15 is 0 Å². The highest BCUT2D eigenvalue weighted by Crippen LogP contribution is 2.27. The Hall–Kier alpha value is -1.77. The molecule has 0 bridgehead atoms. The predicted molar refractivity (Wildman–Crippen MR) is 102 cm³/mol. The minimum absolute atomic E-state index is 0.0156. The van der Waals surface area contributed by atoms with E-state index in [1.165, 1.54) is 11.8 Å². The molecule has 1 saturated heterocycles. The lowest BCUT2D eigenvalue weighted by atomic mass is 10.1. The molecule has 0 unspecified atom stereocenters. The first kappa shape index (κ1) is 19.0.